The van der Waals surface area contributed by atoms with Crippen LogP contribution in [0.25, 0.3) is 0 Å². The number of carbonyl (C=O) groups excluding carboxylic acids is 1. The topological polar surface area (TPSA) is 152 Å². The Morgan fingerprint density at radius 1 is 0.438 bits per heavy atom. The first-order valence-electron chi connectivity index (χ1n) is 16.7. The van der Waals surface area contributed by atoms with Gasteiger partial charge in [0.2, 0.25) is 5.91 Å². The van der Waals surface area contributed by atoms with Gasteiger partial charge in [-0.25, -0.2) is 0 Å². The summed E-state index contributed by atoms with van der Waals surface area (Å²) in [4.78, 5) is 11.0. The molecule has 0 atom stereocenters. The van der Waals surface area contributed by atoms with Crippen LogP contribution in [0.5, 0.6) is 5.75 Å². The fraction of sp³-hybridized carbons (Fsp3) is 0.788. The standard InChI is InChI=1S/C33H60N2O13/c1-31(36)35-32-3-5-33(6-4-32)48-30-29-47-28-27-46-26-25-45-24-23-44-22-21-43-20-19-42-18-17-41-16-15-40-14-13-39-12-11-38-10-9-37-8-7-34-2/h3-6,34H,7-30H2,1-2H3,(H,35,36). The highest BCUT2D eigenvalue weighted by atomic mass is 16.6. The number of hydrogen-bond acceptors (Lipinski definition) is 14. The molecule has 2 N–H and O–H groups in total. The third kappa shape index (κ3) is 32.6. The number of benzene rings is 1. The molecule has 0 saturated carbocycles. The Morgan fingerprint density at radius 2 is 0.708 bits per heavy atom. The predicted octanol–water partition coefficient (Wildman–Crippen LogP) is 1.43. The molecule has 1 rings (SSSR count). The maximum absolute atomic E-state index is 11.0. The second-order valence-corrected chi connectivity index (χ2v) is 9.89. The van der Waals surface area contributed by atoms with Gasteiger partial charge in [0.15, 0.2) is 0 Å². The van der Waals surface area contributed by atoms with E-state index in [0.717, 1.165) is 12.2 Å². The van der Waals surface area contributed by atoms with E-state index in [9.17, 15) is 4.79 Å². The van der Waals surface area contributed by atoms with Crippen LogP contribution in [0.15, 0.2) is 24.3 Å². The number of amides is 1. The van der Waals surface area contributed by atoms with E-state index in [1.54, 1.807) is 24.3 Å². The summed E-state index contributed by atoms with van der Waals surface area (Å²) in [5, 5.41) is 5.73. The van der Waals surface area contributed by atoms with Crippen molar-refractivity contribution in [1.82, 2.24) is 5.32 Å². The van der Waals surface area contributed by atoms with Crippen molar-refractivity contribution in [2.75, 3.05) is 171 Å². The molecular formula is C33H60N2O13. The fourth-order valence-electron chi connectivity index (χ4n) is 3.53. The zero-order chi connectivity index (χ0) is 34.4. The van der Waals surface area contributed by atoms with E-state index in [1.165, 1.54) is 6.92 Å². The van der Waals surface area contributed by atoms with Crippen molar-refractivity contribution in [2.24, 2.45) is 0 Å². The summed E-state index contributed by atoms with van der Waals surface area (Å²) in [6.07, 6.45) is 0. The molecule has 1 amide bonds. The van der Waals surface area contributed by atoms with Crippen LogP contribution >= 0.6 is 0 Å². The number of ether oxygens (including phenoxy) is 12. The molecule has 15 heteroatoms. The maximum atomic E-state index is 11.0. The Hall–Kier alpha value is -1.99. The van der Waals surface area contributed by atoms with Crippen molar-refractivity contribution in [3.05, 3.63) is 24.3 Å². The molecule has 0 aromatic heterocycles. The van der Waals surface area contributed by atoms with Gasteiger partial charge in [-0.3, -0.25) is 4.79 Å². The Kier molecular flexibility index (Phi) is 33.3. The van der Waals surface area contributed by atoms with Gasteiger partial charge < -0.3 is 67.5 Å². The van der Waals surface area contributed by atoms with Crippen molar-refractivity contribution in [3.63, 3.8) is 0 Å². The lowest BCUT2D eigenvalue weighted by molar-refractivity contribution is -0.114. The Morgan fingerprint density at radius 3 is 0.979 bits per heavy atom. The molecule has 1 aromatic carbocycles. The van der Waals surface area contributed by atoms with E-state index >= 15 is 0 Å². The fourth-order valence-corrected chi connectivity index (χ4v) is 3.53. The van der Waals surface area contributed by atoms with Crippen molar-refractivity contribution in [3.8, 4) is 5.75 Å². The van der Waals surface area contributed by atoms with Gasteiger partial charge in [0.25, 0.3) is 0 Å². The number of rotatable bonds is 38. The first kappa shape index (κ1) is 44.0. The van der Waals surface area contributed by atoms with Crippen LogP contribution in [0, 0.1) is 0 Å². The van der Waals surface area contributed by atoms with Crippen LogP contribution in [0.4, 0.5) is 5.69 Å². The molecular weight excluding hydrogens is 632 g/mol. The highest BCUT2D eigenvalue weighted by Crippen LogP contribution is 2.15. The number of hydrogen-bond donors (Lipinski definition) is 2. The summed E-state index contributed by atoms with van der Waals surface area (Å²) in [6, 6.07) is 7.18. The second kappa shape index (κ2) is 36.3. The average molecular weight is 693 g/mol. The summed E-state index contributed by atoms with van der Waals surface area (Å²) in [5.74, 6) is 0.609. The molecule has 48 heavy (non-hydrogen) atoms. The quantitative estimate of drug-likeness (QED) is 0.0962. The summed E-state index contributed by atoms with van der Waals surface area (Å²) in [6.45, 7) is 14.2. The van der Waals surface area contributed by atoms with E-state index in [2.05, 4.69) is 10.6 Å². The van der Waals surface area contributed by atoms with Gasteiger partial charge >= 0.3 is 0 Å². The molecule has 0 unspecified atom stereocenters. The highest BCUT2D eigenvalue weighted by Gasteiger charge is 1.99. The molecule has 0 heterocycles. The summed E-state index contributed by atoms with van der Waals surface area (Å²) in [7, 11) is 1.89. The van der Waals surface area contributed by atoms with Gasteiger partial charge in [0.05, 0.1) is 145 Å². The largest absolute Gasteiger partial charge is 0.491 e. The van der Waals surface area contributed by atoms with Crippen molar-refractivity contribution in [2.45, 2.75) is 6.92 Å². The summed E-state index contributed by atoms with van der Waals surface area (Å²) < 4.78 is 65.7. The van der Waals surface area contributed by atoms with E-state index in [-0.39, 0.29) is 5.91 Å². The highest BCUT2D eigenvalue weighted by molar-refractivity contribution is 5.88. The monoisotopic (exact) mass is 692 g/mol. The van der Waals surface area contributed by atoms with Gasteiger partial charge in [0.1, 0.15) is 12.4 Å². The summed E-state index contributed by atoms with van der Waals surface area (Å²) in [5.41, 5.74) is 0.732. The SMILES string of the molecule is CNCCOCCOCCOCCOCCOCCOCCOCCOCCOCCOCCOCCOc1ccc(NC(C)=O)cc1. The van der Waals surface area contributed by atoms with Crippen LogP contribution in [-0.2, 0) is 56.9 Å². The zero-order valence-electron chi connectivity index (χ0n) is 29.1. The van der Waals surface area contributed by atoms with Gasteiger partial charge in [-0.15, -0.1) is 0 Å². The minimum absolute atomic E-state index is 0.108. The first-order chi connectivity index (χ1) is 23.7. The zero-order valence-corrected chi connectivity index (χ0v) is 29.1. The lowest BCUT2D eigenvalue weighted by Gasteiger charge is -2.09. The normalized spacial score (nSPS) is 11.3. The number of nitrogens with one attached hydrogen (secondary N) is 2. The van der Waals surface area contributed by atoms with E-state index < -0.39 is 0 Å². The van der Waals surface area contributed by atoms with Gasteiger partial charge in [-0.1, -0.05) is 0 Å². The predicted molar refractivity (Wildman–Crippen MR) is 179 cm³/mol. The van der Waals surface area contributed by atoms with Gasteiger partial charge in [0, 0.05) is 19.2 Å². The maximum Gasteiger partial charge on any atom is 0.221 e. The molecule has 0 fully saturated rings. The van der Waals surface area contributed by atoms with E-state index in [0.29, 0.717) is 158 Å². The van der Waals surface area contributed by atoms with Crippen LogP contribution < -0.4 is 15.4 Å². The van der Waals surface area contributed by atoms with Crippen molar-refractivity contribution >= 4 is 11.6 Å². The molecule has 0 bridgehead atoms. The molecule has 0 aliphatic heterocycles. The first-order valence-corrected chi connectivity index (χ1v) is 16.7. The molecule has 0 radical (unpaired) electrons. The van der Waals surface area contributed by atoms with E-state index in [4.69, 9.17) is 56.8 Å². The molecule has 15 nitrogen and oxygen atoms in total. The van der Waals surface area contributed by atoms with E-state index in [1.807, 2.05) is 7.05 Å². The molecule has 0 spiro atoms. The van der Waals surface area contributed by atoms with Crippen LogP contribution in [0.1, 0.15) is 6.92 Å². The average Bonchev–Trinajstić information content (AvgIpc) is 3.08. The third-order valence-electron chi connectivity index (χ3n) is 5.89. The van der Waals surface area contributed by atoms with Gasteiger partial charge in [-0.05, 0) is 31.3 Å². The molecule has 1 aromatic rings. The summed E-state index contributed by atoms with van der Waals surface area (Å²) >= 11 is 0. The van der Waals surface area contributed by atoms with Crippen LogP contribution in [0.2, 0.25) is 0 Å². The number of likely N-dealkylation sites (N-methyl/N-ethyl adjacent to an activating group) is 1. The molecule has 0 saturated heterocycles. The molecule has 0 aliphatic rings. The lowest BCUT2D eigenvalue weighted by Crippen LogP contribution is -2.17. The smallest absolute Gasteiger partial charge is 0.221 e. The lowest BCUT2D eigenvalue weighted by atomic mass is 10.3. The second-order valence-electron chi connectivity index (χ2n) is 9.89. The number of anilines is 1. The molecule has 280 valence electrons. The Bertz CT molecular complexity index is 808. The van der Waals surface area contributed by atoms with Crippen molar-refractivity contribution < 1.29 is 61.6 Å². The Balaban J connectivity index is 1.65. The van der Waals surface area contributed by atoms with Gasteiger partial charge in [-0.2, -0.15) is 0 Å². The van der Waals surface area contributed by atoms with Crippen LogP contribution in [0.3, 0.4) is 0 Å². The van der Waals surface area contributed by atoms with Crippen molar-refractivity contribution in [1.29, 1.82) is 0 Å². The van der Waals surface area contributed by atoms with Crippen LogP contribution in [-0.4, -0.2) is 171 Å². The minimum atomic E-state index is -0.108. The number of carbonyl (C=O) groups is 1. The molecule has 0 aliphatic carbocycles. The minimum Gasteiger partial charge on any atom is -0.491 e. The third-order valence-corrected chi connectivity index (χ3v) is 5.89. The Labute approximate surface area is 286 Å².